The topological polar surface area (TPSA) is 275 Å². The van der Waals surface area contributed by atoms with Crippen molar-refractivity contribution in [2.75, 3.05) is 26.7 Å². The molecule has 3 saturated heterocycles. The second-order valence-electron chi connectivity index (χ2n) is 11.2. The molecule has 0 aromatic carbocycles. The molecule has 16 heteroatoms. The highest BCUT2D eigenvalue weighted by Gasteiger charge is 2.54. The number of rotatable bonds is 10. The van der Waals surface area contributed by atoms with Crippen molar-refractivity contribution in [2.24, 2.45) is 22.9 Å². The van der Waals surface area contributed by atoms with E-state index >= 15 is 0 Å². The van der Waals surface area contributed by atoms with E-state index in [1.54, 1.807) is 7.05 Å². The van der Waals surface area contributed by atoms with Gasteiger partial charge in [-0.15, -0.1) is 0 Å². The van der Waals surface area contributed by atoms with E-state index in [2.05, 4.69) is 10.6 Å². The van der Waals surface area contributed by atoms with Crippen LogP contribution in [0.2, 0.25) is 0 Å². The molecule has 1 aliphatic carbocycles. The fourth-order valence-corrected chi connectivity index (χ4v) is 6.08. The van der Waals surface area contributed by atoms with E-state index in [1.165, 1.54) is 0 Å². The first-order valence-electron chi connectivity index (χ1n) is 14.1. The molecule has 16 nitrogen and oxygen atoms in total. The van der Waals surface area contributed by atoms with Crippen molar-refractivity contribution in [3.63, 3.8) is 0 Å². The summed E-state index contributed by atoms with van der Waals surface area (Å²) in [7, 11) is 1.60. The summed E-state index contributed by atoms with van der Waals surface area (Å²) < 4.78 is 29.9. The SMILES string of the molecule is CNC1C(O[C@H]2OC(CO)[C@@H](NCCCN)[C@H](O)C2O)O[C@H]2CC(N)[C@@H](O[C@@H]3C(N)C[C@@H](N)C[C@H]3O)OC2C1O. The van der Waals surface area contributed by atoms with Crippen molar-refractivity contribution in [1.82, 2.24) is 10.6 Å². The number of nitrogens with one attached hydrogen (secondary N) is 2. The third-order valence-electron chi connectivity index (χ3n) is 8.28. The number of aliphatic hydroxyl groups excluding tert-OH is 5. The maximum atomic E-state index is 11.2. The number of hydrogen-bond donors (Lipinski definition) is 11. The largest absolute Gasteiger partial charge is 0.394 e. The molecule has 3 aliphatic heterocycles. The van der Waals surface area contributed by atoms with Crippen molar-refractivity contribution in [1.29, 1.82) is 0 Å². The average Bonchev–Trinajstić information content (AvgIpc) is 2.90. The van der Waals surface area contributed by atoms with Gasteiger partial charge in [-0.05, 0) is 45.8 Å². The van der Waals surface area contributed by atoms with Gasteiger partial charge in [-0.1, -0.05) is 0 Å². The van der Waals surface area contributed by atoms with Crippen LogP contribution in [-0.2, 0) is 23.7 Å². The fraction of sp³-hybridized carbons (Fsp3) is 1.00. The summed E-state index contributed by atoms with van der Waals surface area (Å²) in [6, 6.07) is -2.98. The third-order valence-corrected chi connectivity index (χ3v) is 8.28. The number of likely N-dealkylation sites (N-methyl/N-ethyl adjacent to an activating group) is 1. The second-order valence-corrected chi connectivity index (χ2v) is 11.2. The van der Waals surface area contributed by atoms with Crippen LogP contribution in [0.15, 0.2) is 0 Å². The van der Waals surface area contributed by atoms with E-state index in [0.29, 0.717) is 32.4 Å². The molecular weight excluding hydrogens is 532 g/mol. The summed E-state index contributed by atoms with van der Waals surface area (Å²) in [6.07, 6.45) is -9.76. The molecule has 3 heterocycles. The number of nitrogens with two attached hydrogens (primary N) is 4. The molecular formula is C24H48N6O10. The first-order chi connectivity index (χ1) is 19.1. The predicted molar refractivity (Wildman–Crippen MR) is 139 cm³/mol. The van der Waals surface area contributed by atoms with Crippen molar-refractivity contribution in [3.05, 3.63) is 0 Å². The molecule has 15 N–H and O–H groups in total. The van der Waals surface area contributed by atoms with Crippen LogP contribution in [0.4, 0.5) is 0 Å². The molecule has 4 rings (SSSR count). The van der Waals surface area contributed by atoms with Gasteiger partial charge < -0.3 is 82.8 Å². The lowest BCUT2D eigenvalue weighted by atomic mass is 9.86. The Morgan fingerprint density at radius 3 is 2.23 bits per heavy atom. The predicted octanol–water partition coefficient (Wildman–Crippen LogP) is -5.94. The van der Waals surface area contributed by atoms with Gasteiger partial charge in [0.25, 0.3) is 0 Å². The standard InChI is InChI=1S/C24H48N6O10/c1-29-16-18(34)21-13(7-11(28)22(39-21)38-20-10(27)5-9(26)6-12(20)32)36-23(16)40-24-19(35)17(33)15(14(8-31)37-24)30-4-2-3-25/h9-24,29-35H,2-8,25-28H2,1H3/t9-,10?,11?,12-,13+,14?,15-,16?,17+,18?,19?,20-,21?,22+,23?,24-/m1/s1. The van der Waals surface area contributed by atoms with Gasteiger partial charge in [0.05, 0.1) is 36.9 Å². The lowest BCUT2D eigenvalue weighted by Crippen LogP contribution is -2.70. The number of fused-ring (bicyclic) bond motifs is 1. The van der Waals surface area contributed by atoms with Crippen molar-refractivity contribution >= 4 is 0 Å². The summed E-state index contributed by atoms with van der Waals surface area (Å²) in [6.45, 7) is 0.464. The minimum atomic E-state index is -1.48. The molecule has 4 fully saturated rings. The molecule has 0 radical (unpaired) electrons. The van der Waals surface area contributed by atoms with Gasteiger partial charge in [-0.3, -0.25) is 0 Å². The lowest BCUT2D eigenvalue weighted by molar-refractivity contribution is -0.373. The van der Waals surface area contributed by atoms with Crippen LogP contribution in [-0.4, -0.2) is 150 Å². The van der Waals surface area contributed by atoms with Crippen molar-refractivity contribution < 1.29 is 49.2 Å². The number of aliphatic hydroxyl groups is 5. The second kappa shape index (κ2) is 14.2. The number of ether oxygens (including phenoxy) is 5. The maximum Gasteiger partial charge on any atom is 0.189 e. The van der Waals surface area contributed by atoms with E-state index in [-0.39, 0.29) is 12.5 Å². The van der Waals surface area contributed by atoms with E-state index in [4.69, 9.17) is 46.6 Å². The van der Waals surface area contributed by atoms with Crippen LogP contribution in [0.1, 0.15) is 25.7 Å². The molecule has 8 unspecified atom stereocenters. The Balaban J connectivity index is 1.40. The smallest absolute Gasteiger partial charge is 0.189 e. The molecule has 0 aromatic rings. The van der Waals surface area contributed by atoms with Crippen LogP contribution in [0.3, 0.4) is 0 Å². The van der Waals surface area contributed by atoms with E-state index in [1.807, 2.05) is 0 Å². The summed E-state index contributed by atoms with van der Waals surface area (Å²) in [4.78, 5) is 0. The summed E-state index contributed by atoms with van der Waals surface area (Å²) in [5.41, 5.74) is 24.0. The van der Waals surface area contributed by atoms with Crippen LogP contribution in [0.25, 0.3) is 0 Å². The minimum Gasteiger partial charge on any atom is -0.394 e. The zero-order valence-electron chi connectivity index (χ0n) is 22.8. The van der Waals surface area contributed by atoms with Gasteiger partial charge in [0, 0.05) is 12.1 Å². The Morgan fingerprint density at radius 2 is 1.57 bits per heavy atom. The van der Waals surface area contributed by atoms with Gasteiger partial charge in [0.1, 0.15) is 36.6 Å². The van der Waals surface area contributed by atoms with Crippen LogP contribution in [0, 0.1) is 0 Å². The molecule has 0 amide bonds. The molecule has 0 bridgehead atoms. The van der Waals surface area contributed by atoms with Gasteiger partial charge in [-0.25, -0.2) is 0 Å². The Bertz CT molecular complexity index is 776. The van der Waals surface area contributed by atoms with Crippen LogP contribution < -0.4 is 33.6 Å². The zero-order chi connectivity index (χ0) is 29.1. The quantitative estimate of drug-likeness (QED) is 0.107. The zero-order valence-corrected chi connectivity index (χ0v) is 22.8. The molecule has 40 heavy (non-hydrogen) atoms. The molecule has 16 atom stereocenters. The first kappa shape index (κ1) is 32.3. The first-order valence-corrected chi connectivity index (χ1v) is 14.1. The third kappa shape index (κ3) is 6.94. The summed E-state index contributed by atoms with van der Waals surface area (Å²) >= 11 is 0. The van der Waals surface area contributed by atoms with Gasteiger partial charge in [0.2, 0.25) is 0 Å². The Hall–Kier alpha value is -0.640. The Morgan fingerprint density at radius 1 is 0.825 bits per heavy atom. The lowest BCUT2D eigenvalue weighted by Gasteiger charge is -2.51. The highest BCUT2D eigenvalue weighted by Crippen LogP contribution is 2.35. The van der Waals surface area contributed by atoms with Gasteiger partial charge in [0.15, 0.2) is 18.9 Å². The van der Waals surface area contributed by atoms with Crippen LogP contribution >= 0.6 is 0 Å². The van der Waals surface area contributed by atoms with E-state index < -0.39 is 98.5 Å². The normalized spacial score (nSPS) is 50.0. The molecule has 0 spiro atoms. The highest BCUT2D eigenvalue weighted by molar-refractivity contribution is 5.00. The fourth-order valence-electron chi connectivity index (χ4n) is 6.08. The molecule has 1 saturated carbocycles. The highest BCUT2D eigenvalue weighted by atomic mass is 16.8. The summed E-state index contributed by atoms with van der Waals surface area (Å²) in [5, 5.41) is 59.1. The van der Waals surface area contributed by atoms with Gasteiger partial charge in [-0.2, -0.15) is 0 Å². The Kier molecular flexibility index (Phi) is 11.5. The van der Waals surface area contributed by atoms with E-state index in [9.17, 15) is 25.5 Å². The monoisotopic (exact) mass is 580 g/mol. The molecule has 234 valence electrons. The van der Waals surface area contributed by atoms with Gasteiger partial charge >= 0.3 is 0 Å². The maximum absolute atomic E-state index is 11.2. The summed E-state index contributed by atoms with van der Waals surface area (Å²) in [5.74, 6) is 0. The van der Waals surface area contributed by atoms with Crippen molar-refractivity contribution in [2.45, 2.75) is 124 Å². The average molecular weight is 581 g/mol. The molecule has 4 aliphatic rings. The Labute approximate surface area is 233 Å². The number of hydrogen-bond acceptors (Lipinski definition) is 16. The van der Waals surface area contributed by atoms with Crippen LogP contribution in [0.5, 0.6) is 0 Å². The minimum absolute atomic E-state index is 0.226. The van der Waals surface area contributed by atoms with Crippen molar-refractivity contribution in [3.8, 4) is 0 Å². The molecule has 0 aromatic heterocycles. The van der Waals surface area contributed by atoms with E-state index in [0.717, 1.165) is 0 Å².